The van der Waals surface area contributed by atoms with Gasteiger partial charge in [0.15, 0.2) is 0 Å². The van der Waals surface area contributed by atoms with Gasteiger partial charge in [-0.2, -0.15) is 0 Å². The number of rotatable bonds is 0. The number of carbonyl (C=O) groups is 1. The van der Waals surface area contributed by atoms with E-state index in [4.69, 9.17) is 4.74 Å². The lowest BCUT2D eigenvalue weighted by Crippen LogP contribution is -2.65. The van der Waals surface area contributed by atoms with Gasteiger partial charge in [-0.05, 0) is 6.42 Å². The molecular weight excluding hydrogens is 130 g/mol. The van der Waals surface area contributed by atoms with E-state index in [1.165, 1.54) is 0 Å². The number of hydrogen-bond donors (Lipinski definition) is 0. The van der Waals surface area contributed by atoms with E-state index in [0.29, 0.717) is 12.1 Å². The second-order valence-electron chi connectivity index (χ2n) is 3.01. The molecule has 2 atom stereocenters. The predicted molar refractivity (Wildman–Crippen MR) is 35.5 cm³/mol. The summed E-state index contributed by atoms with van der Waals surface area (Å²) in [5.74, 6) is 0.199. The van der Waals surface area contributed by atoms with Crippen LogP contribution in [0.15, 0.2) is 0 Å². The monoisotopic (exact) mass is 141 g/mol. The smallest absolute Gasteiger partial charge is 0.220 e. The van der Waals surface area contributed by atoms with Crippen molar-refractivity contribution in [3.8, 4) is 0 Å². The summed E-state index contributed by atoms with van der Waals surface area (Å²) in [6.45, 7) is 3.12. The summed E-state index contributed by atoms with van der Waals surface area (Å²) in [6.07, 6.45) is 1.15. The van der Waals surface area contributed by atoms with Crippen LogP contribution in [0.5, 0.6) is 0 Å². The van der Waals surface area contributed by atoms with E-state index in [0.717, 1.165) is 19.6 Å². The molecule has 0 aliphatic carbocycles. The van der Waals surface area contributed by atoms with Crippen molar-refractivity contribution in [2.24, 2.45) is 0 Å². The van der Waals surface area contributed by atoms with Gasteiger partial charge in [-0.25, -0.2) is 0 Å². The molecule has 0 saturated carbocycles. The van der Waals surface area contributed by atoms with Gasteiger partial charge >= 0.3 is 0 Å². The van der Waals surface area contributed by atoms with Crippen molar-refractivity contribution >= 4 is 5.91 Å². The molecule has 3 saturated heterocycles. The van der Waals surface area contributed by atoms with Crippen LogP contribution in [-0.2, 0) is 9.53 Å². The van der Waals surface area contributed by atoms with Crippen LogP contribution < -0.4 is 0 Å². The lowest BCUT2D eigenvalue weighted by Gasteiger charge is -2.51. The van der Waals surface area contributed by atoms with E-state index < -0.39 is 0 Å². The standard InChI is InChI=1S/C7H11NO2/c1-5(9)8-6-2-7(8)4-10-3-6/h6-7H,2-4H2,1H3. The minimum Gasteiger partial charge on any atom is -0.377 e. The number of carbonyl (C=O) groups excluding carboxylic acids is 1. The highest BCUT2D eigenvalue weighted by atomic mass is 16.5. The zero-order valence-electron chi connectivity index (χ0n) is 6.04. The first-order chi connectivity index (χ1) is 4.79. The lowest BCUT2D eigenvalue weighted by molar-refractivity contribution is -0.165. The van der Waals surface area contributed by atoms with Crippen LogP contribution in [0.3, 0.4) is 0 Å². The van der Waals surface area contributed by atoms with Gasteiger partial charge in [0, 0.05) is 6.92 Å². The number of fused-ring (bicyclic) bond motifs is 2. The summed E-state index contributed by atoms with van der Waals surface area (Å²) < 4.78 is 5.22. The summed E-state index contributed by atoms with van der Waals surface area (Å²) in [4.78, 5) is 12.8. The number of amides is 1. The van der Waals surface area contributed by atoms with Crippen molar-refractivity contribution in [3.63, 3.8) is 0 Å². The van der Waals surface area contributed by atoms with Gasteiger partial charge in [-0.1, -0.05) is 0 Å². The van der Waals surface area contributed by atoms with Gasteiger partial charge in [0.05, 0.1) is 25.3 Å². The van der Waals surface area contributed by atoms with Crippen LogP contribution in [-0.4, -0.2) is 36.1 Å². The zero-order valence-corrected chi connectivity index (χ0v) is 6.04. The molecule has 3 fully saturated rings. The summed E-state index contributed by atoms with van der Waals surface area (Å²) in [5, 5.41) is 0. The Bertz CT molecular complexity index is 155. The molecule has 0 aromatic carbocycles. The van der Waals surface area contributed by atoms with Gasteiger partial charge in [0.2, 0.25) is 5.91 Å². The Hall–Kier alpha value is -0.570. The molecule has 0 spiro atoms. The molecule has 3 heterocycles. The fourth-order valence-electron chi connectivity index (χ4n) is 1.85. The molecule has 2 unspecified atom stereocenters. The third-order valence-electron chi connectivity index (χ3n) is 2.32. The Labute approximate surface area is 60.0 Å². The van der Waals surface area contributed by atoms with Gasteiger partial charge < -0.3 is 9.64 Å². The fraction of sp³-hybridized carbons (Fsp3) is 0.857. The van der Waals surface area contributed by atoms with Gasteiger partial charge in [0.25, 0.3) is 0 Å². The maximum absolute atomic E-state index is 10.9. The van der Waals surface area contributed by atoms with Crippen molar-refractivity contribution in [2.45, 2.75) is 25.4 Å². The Morgan fingerprint density at radius 1 is 1.50 bits per heavy atom. The third kappa shape index (κ3) is 0.669. The molecule has 56 valence electrons. The van der Waals surface area contributed by atoms with Crippen molar-refractivity contribution in [1.82, 2.24) is 4.90 Å². The Kier molecular flexibility index (Phi) is 1.20. The summed E-state index contributed by atoms with van der Waals surface area (Å²) in [5.41, 5.74) is 0. The fourth-order valence-corrected chi connectivity index (χ4v) is 1.85. The quantitative estimate of drug-likeness (QED) is 0.475. The Balaban J connectivity index is 2.06. The highest BCUT2D eigenvalue weighted by Gasteiger charge is 2.43. The molecule has 3 aliphatic rings. The molecule has 1 amide bonds. The van der Waals surface area contributed by atoms with E-state index in [1.54, 1.807) is 6.92 Å². The van der Waals surface area contributed by atoms with Crippen molar-refractivity contribution < 1.29 is 9.53 Å². The molecule has 3 aliphatic heterocycles. The van der Waals surface area contributed by atoms with Crippen LogP contribution in [0, 0.1) is 0 Å². The van der Waals surface area contributed by atoms with Crippen LogP contribution in [0.1, 0.15) is 13.3 Å². The molecule has 10 heavy (non-hydrogen) atoms. The summed E-state index contributed by atoms with van der Waals surface area (Å²) >= 11 is 0. The summed E-state index contributed by atoms with van der Waals surface area (Å²) in [7, 11) is 0. The minimum atomic E-state index is 0.199. The molecule has 3 heteroatoms. The molecular formula is C7H11NO2. The largest absolute Gasteiger partial charge is 0.377 e. The van der Waals surface area contributed by atoms with Crippen molar-refractivity contribution in [1.29, 1.82) is 0 Å². The number of hydrogen-bond acceptors (Lipinski definition) is 2. The van der Waals surface area contributed by atoms with Gasteiger partial charge in [-0.15, -0.1) is 0 Å². The van der Waals surface area contributed by atoms with Crippen molar-refractivity contribution in [3.05, 3.63) is 0 Å². The second kappa shape index (κ2) is 1.95. The lowest BCUT2D eigenvalue weighted by atomic mass is 9.91. The third-order valence-corrected chi connectivity index (χ3v) is 2.32. The number of morpholine rings is 1. The number of nitrogens with zero attached hydrogens (tertiary/aromatic N) is 1. The number of ether oxygens (including phenoxy) is 1. The predicted octanol–water partition coefficient (Wildman–Crippen LogP) is 0.00600. The normalized spacial score (nSPS) is 37.1. The average Bonchev–Trinajstić information content (AvgIpc) is 1.87. The van der Waals surface area contributed by atoms with Gasteiger partial charge in [0.1, 0.15) is 0 Å². The van der Waals surface area contributed by atoms with Crippen LogP contribution in [0.2, 0.25) is 0 Å². The molecule has 3 nitrogen and oxygen atoms in total. The topological polar surface area (TPSA) is 29.5 Å². The zero-order chi connectivity index (χ0) is 7.14. The molecule has 0 aromatic rings. The molecule has 0 aromatic heterocycles. The molecule has 3 rings (SSSR count). The Morgan fingerprint density at radius 2 is 2.10 bits per heavy atom. The SMILES string of the molecule is CC(=O)N1C2COCC1C2. The first-order valence-electron chi connectivity index (χ1n) is 3.65. The van der Waals surface area contributed by atoms with E-state index in [1.807, 2.05) is 4.90 Å². The van der Waals surface area contributed by atoms with E-state index >= 15 is 0 Å². The van der Waals surface area contributed by atoms with E-state index in [9.17, 15) is 4.79 Å². The highest BCUT2D eigenvalue weighted by Crippen LogP contribution is 2.30. The maximum Gasteiger partial charge on any atom is 0.220 e. The molecule has 0 radical (unpaired) electrons. The van der Waals surface area contributed by atoms with Crippen LogP contribution in [0.4, 0.5) is 0 Å². The molecule has 2 bridgehead atoms. The average molecular weight is 141 g/mol. The van der Waals surface area contributed by atoms with Gasteiger partial charge in [-0.3, -0.25) is 4.79 Å². The molecule has 0 N–H and O–H groups in total. The first kappa shape index (κ1) is 6.16. The van der Waals surface area contributed by atoms with Crippen LogP contribution in [0.25, 0.3) is 0 Å². The highest BCUT2D eigenvalue weighted by molar-refractivity contribution is 5.75. The minimum absolute atomic E-state index is 0.199. The summed E-state index contributed by atoms with van der Waals surface area (Å²) in [6, 6.07) is 0.799. The van der Waals surface area contributed by atoms with Crippen molar-refractivity contribution in [2.75, 3.05) is 13.2 Å². The van der Waals surface area contributed by atoms with Crippen LogP contribution >= 0.6 is 0 Å². The second-order valence-corrected chi connectivity index (χ2v) is 3.01. The maximum atomic E-state index is 10.9. The Morgan fingerprint density at radius 3 is 2.40 bits per heavy atom. The first-order valence-corrected chi connectivity index (χ1v) is 3.65. The van der Waals surface area contributed by atoms with E-state index in [-0.39, 0.29) is 5.91 Å². The van der Waals surface area contributed by atoms with E-state index in [2.05, 4.69) is 0 Å².